The Morgan fingerprint density at radius 3 is 2.79 bits per heavy atom. The number of likely N-dealkylation sites (tertiary alicyclic amines) is 1. The smallest absolute Gasteiger partial charge is 0.383 e. The summed E-state index contributed by atoms with van der Waals surface area (Å²) < 4.78 is 2.84. The molecule has 198 valence electrons. The van der Waals surface area contributed by atoms with Gasteiger partial charge >= 0.3 is 11.8 Å². The Morgan fingerprint density at radius 1 is 1.26 bits per heavy atom. The van der Waals surface area contributed by atoms with Gasteiger partial charge in [-0.2, -0.15) is 4.58 Å². The molecule has 3 aliphatic rings. The van der Waals surface area contributed by atoms with Crippen LogP contribution in [0.2, 0.25) is 0 Å². The summed E-state index contributed by atoms with van der Waals surface area (Å²) in [5.74, 6) is 0.0934. The second kappa shape index (κ2) is 9.54. The van der Waals surface area contributed by atoms with E-state index >= 15 is 0 Å². The molecule has 6 rings (SSSR count). The number of nitrogens with one attached hydrogen (secondary N) is 1. The first-order chi connectivity index (χ1) is 18.2. The molecule has 3 aromatic rings. The number of pyridine rings is 1. The van der Waals surface area contributed by atoms with Crippen LogP contribution in [0.25, 0.3) is 10.2 Å². The lowest BCUT2D eigenvalue weighted by molar-refractivity contribution is -0.456. The molecule has 2 aromatic heterocycles. The lowest BCUT2D eigenvalue weighted by Gasteiger charge is -2.58. The van der Waals surface area contributed by atoms with E-state index in [1.807, 2.05) is 6.92 Å². The van der Waals surface area contributed by atoms with Crippen LogP contribution in [-0.4, -0.2) is 63.7 Å². The zero-order chi connectivity index (χ0) is 26.6. The molecule has 2 aliphatic heterocycles. The number of hydrogen-bond acceptors (Lipinski definition) is 7. The molecule has 3 N–H and O–H groups in total. The van der Waals surface area contributed by atoms with Gasteiger partial charge in [0.25, 0.3) is 0 Å². The fourth-order valence-corrected chi connectivity index (χ4v) is 7.58. The van der Waals surface area contributed by atoms with Crippen LogP contribution >= 0.6 is 11.3 Å². The first kappa shape index (κ1) is 25.1. The van der Waals surface area contributed by atoms with E-state index in [-0.39, 0.29) is 0 Å². The maximum Gasteiger partial charge on any atom is 0.477 e. The molecule has 1 aliphatic carbocycles. The Hall–Kier alpha value is -3.17. The average Bonchev–Trinajstić information content (AvgIpc) is 3.28. The van der Waals surface area contributed by atoms with Crippen molar-refractivity contribution in [1.29, 1.82) is 0 Å². The highest BCUT2D eigenvalue weighted by molar-refractivity contribution is 7.18. The molecular weight excluding hydrogens is 496 g/mol. The lowest BCUT2D eigenvalue weighted by atomic mass is 9.58. The summed E-state index contributed by atoms with van der Waals surface area (Å²) in [6, 6.07) is 8.07. The quantitative estimate of drug-likeness (QED) is 0.389. The Labute approximate surface area is 227 Å². The first-order valence-electron chi connectivity index (χ1n) is 13.6. The molecule has 1 atom stereocenters. The number of fused-ring (bicyclic) bond motifs is 1. The van der Waals surface area contributed by atoms with Crippen molar-refractivity contribution in [3.05, 3.63) is 46.6 Å². The zero-order valence-corrected chi connectivity index (χ0v) is 23.1. The zero-order valence-electron chi connectivity index (χ0n) is 22.3. The number of aryl methyl sites for hydroxylation is 1. The Balaban J connectivity index is 1.25. The minimum absolute atomic E-state index is 0.312. The van der Waals surface area contributed by atoms with Crippen molar-refractivity contribution < 1.29 is 14.2 Å². The van der Waals surface area contributed by atoms with Crippen LogP contribution < -0.4 is 11.1 Å². The van der Waals surface area contributed by atoms with E-state index in [2.05, 4.69) is 47.4 Å². The molecule has 1 saturated carbocycles. The number of carbonyl (C=O) groups excluding carboxylic acids is 2. The summed E-state index contributed by atoms with van der Waals surface area (Å²) >= 11 is 1.80. The molecule has 9 heteroatoms. The fourth-order valence-electron chi connectivity index (χ4n) is 6.53. The SMILES string of the molecule is CCc1cc(NC(=O)C(=O)[N+]2=C(c3ccc4sc(C5CC6(C5)CN(C)C6)nc4c3)CC[C@H](C)C2)cnc1N. The average molecular weight is 532 g/mol. The van der Waals surface area contributed by atoms with Crippen molar-refractivity contribution in [3.8, 4) is 0 Å². The van der Waals surface area contributed by atoms with Crippen LogP contribution in [0.4, 0.5) is 11.5 Å². The van der Waals surface area contributed by atoms with Crippen molar-refractivity contribution in [3.63, 3.8) is 0 Å². The van der Waals surface area contributed by atoms with Gasteiger partial charge < -0.3 is 16.0 Å². The third kappa shape index (κ3) is 4.52. The second-order valence-corrected chi connectivity index (χ2v) is 12.7. The summed E-state index contributed by atoms with van der Waals surface area (Å²) in [5, 5.41) is 3.96. The third-order valence-corrected chi connectivity index (χ3v) is 9.63. The maximum absolute atomic E-state index is 13.4. The van der Waals surface area contributed by atoms with Gasteiger partial charge in [-0.15, -0.1) is 11.3 Å². The van der Waals surface area contributed by atoms with Gasteiger partial charge in [0.05, 0.1) is 27.1 Å². The fraction of sp³-hybridized carbons (Fsp3) is 0.483. The molecule has 0 bridgehead atoms. The number of thiazole rings is 1. The van der Waals surface area contributed by atoms with Crippen LogP contribution in [0.3, 0.4) is 0 Å². The molecule has 1 aromatic carbocycles. The predicted octanol–water partition coefficient (Wildman–Crippen LogP) is 4.04. The molecule has 0 unspecified atom stereocenters. The number of nitrogen functional groups attached to an aromatic ring is 1. The predicted molar refractivity (Wildman–Crippen MR) is 151 cm³/mol. The van der Waals surface area contributed by atoms with Crippen molar-refractivity contribution in [2.24, 2.45) is 11.3 Å². The minimum atomic E-state index is -0.664. The summed E-state index contributed by atoms with van der Waals surface area (Å²) in [6.45, 7) is 7.02. The van der Waals surface area contributed by atoms with Crippen molar-refractivity contribution in [2.45, 2.75) is 51.9 Å². The molecule has 0 radical (unpaired) electrons. The van der Waals surface area contributed by atoms with E-state index in [9.17, 15) is 9.59 Å². The van der Waals surface area contributed by atoms with E-state index in [1.165, 1.54) is 41.8 Å². The largest absolute Gasteiger partial charge is 0.477 e. The van der Waals surface area contributed by atoms with Gasteiger partial charge in [0.15, 0.2) is 12.3 Å². The summed E-state index contributed by atoms with van der Waals surface area (Å²) in [5.41, 5.74) is 10.6. The van der Waals surface area contributed by atoms with Gasteiger partial charge in [0, 0.05) is 36.9 Å². The molecule has 2 fully saturated rings. The van der Waals surface area contributed by atoms with Crippen molar-refractivity contribution in [2.75, 3.05) is 37.7 Å². The number of aromatic nitrogens is 2. The van der Waals surface area contributed by atoms with E-state index in [4.69, 9.17) is 10.7 Å². The van der Waals surface area contributed by atoms with Crippen LogP contribution in [0, 0.1) is 11.3 Å². The highest BCUT2D eigenvalue weighted by Gasteiger charge is 2.52. The van der Waals surface area contributed by atoms with Crippen LogP contribution in [-0.2, 0) is 16.0 Å². The standard InChI is InChI=1S/C29H34N6O2S/c1-4-18-9-21(13-31-25(18)30)32-26(36)28(37)35-14-17(2)5-7-23(35)19-6-8-24-22(10-19)33-27(38-24)20-11-29(12-20)15-34(3)16-29/h6,8-10,13,17,20H,4-5,7,11-12,14-16H2,1-3H3,(H2-,30,31,32,36,37)/p+1/t17-/m0/s1. The molecule has 2 amide bonds. The topological polar surface area (TPSA) is 104 Å². The maximum atomic E-state index is 13.4. The van der Waals surface area contributed by atoms with Crippen LogP contribution in [0.1, 0.15) is 61.6 Å². The number of benzene rings is 1. The molecule has 8 nitrogen and oxygen atoms in total. The highest BCUT2D eigenvalue weighted by Crippen LogP contribution is 2.56. The summed E-state index contributed by atoms with van der Waals surface area (Å²) in [6.07, 6.45) is 6.37. The number of carbonyl (C=O) groups is 2. The van der Waals surface area contributed by atoms with Crippen LogP contribution in [0.5, 0.6) is 0 Å². The molecule has 1 spiro atoms. The van der Waals surface area contributed by atoms with Gasteiger partial charge in [0.1, 0.15) is 5.82 Å². The number of rotatable bonds is 4. The number of nitrogens with two attached hydrogens (primary N) is 1. The second-order valence-electron chi connectivity index (χ2n) is 11.6. The Morgan fingerprint density at radius 2 is 2.05 bits per heavy atom. The van der Waals surface area contributed by atoms with Gasteiger partial charge in [-0.3, -0.25) is 4.79 Å². The van der Waals surface area contributed by atoms with E-state index in [1.54, 1.807) is 22.0 Å². The first-order valence-corrected chi connectivity index (χ1v) is 14.4. The molecule has 4 heterocycles. The lowest BCUT2D eigenvalue weighted by Crippen LogP contribution is -2.59. The van der Waals surface area contributed by atoms with Gasteiger partial charge in [-0.25, -0.2) is 14.8 Å². The molecular formula is C29H35N6O2S+. The van der Waals surface area contributed by atoms with E-state index < -0.39 is 11.8 Å². The third-order valence-electron chi connectivity index (χ3n) is 8.43. The van der Waals surface area contributed by atoms with Crippen molar-refractivity contribution >= 4 is 50.6 Å². The minimum Gasteiger partial charge on any atom is -0.383 e. The Kier molecular flexibility index (Phi) is 6.31. The molecule has 38 heavy (non-hydrogen) atoms. The summed E-state index contributed by atoms with van der Waals surface area (Å²) in [4.78, 5) is 38.0. The normalized spacial score (nSPS) is 21.4. The van der Waals surface area contributed by atoms with E-state index in [0.29, 0.717) is 41.7 Å². The van der Waals surface area contributed by atoms with Gasteiger partial charge in [0.2, 0.25) is 0 Å². The number of amides is 2. The monoisotopic (exact) mass is 531 g/mol. The molecule has 1 saturated heterocycles. The van der Waals surface area contributed by atoms with Crippen LogP contribution in [0.15, 0.2) is 30.5 Å². The number of anilines is 2. The summed E-state index contributed by atoms with van der Waals surface area (Å²) in [7, 11) is 2.19. The van der Waals surface area contributed by atoms with Gasteiger partial charge in [-0.1, -0.05) is 13.8 Å². The van der Waals surface area contributed by atoms with E-state index in [0.717, 1.165) is 35.2 Å². The van der Waals surface area contributed by atoms with Crippen molar-refractivity contribution in [1.82, 2.24) is 14.9 Å². The number of hydrogen-bond donors (Lipinski definition) is 2. The number of nitrogens with zero attached hydrogens (tertiary/aromatic N) is 4. The highest BCUT2D eigenvalue weighted by atomic mass is 32.1. The Bertz CT molecular complexity index is 1460. The van der Waals surface area contributed by atoms with Gasteiger partial charge in [-0.05, 0) is 68.0 Å².